The maximum absolute atomic E-state index is 4.74. The number of thiophene rings is 1. The Bertz CT molecular complexity index is 575. The highest BCUT2D eigenvalue weighted by Gasteiger charge is 2.26. The summed E-state index contributed by atoms with van der Waals surface area (Å²) in [5, 5.41) is 3.43. The smallest absolute Gasteiger partial charge is 0.0871 e. The van der Waals surface area contributed by atoms with E-state index in [1.165, 1.54) is 14.2 Å². The fraction of sp³-hybridized carbons (Fsp3) is 0.438. The molecule has 0 bridgehead atoms. The molecule has 1 atom stereocenters. The minimum atomic E-state index is 0.273. The first-order chi connectivity index (χ1) is 10.3. The van der Waals surface area contributed by atoms with Gasteiger partial charge in [-0.05, 0) is 46.1 Å². The van der Waals surface area contributed by atoms with Crippen molar-refractivity contribution in [1.82, 2.24) is 15.2 Å². The Balaban J connectivity index is 1.93. The Kier molecular flexibility index (Phi) is 5.06. The van der Waals surface area contributed by atoms with Gasteiger partial charge >= 0.3 is 0 Å². The van der Waals surface area contributed by atoms with Crippen LogP contribution in [-0.2, 0) is 6.42 Å². The quantitative estimate of drug-likeness (QED) is 0.898. The van der Waals surface area contributed by atoms with Gasteiger partial charge < -0.3 is 5.32 Å². The van der Waals surface area contributed by atoms with Gasteiger partial charge in [0.25, 0.3) is 0 Å². The van der Waals surface area contributed by atoms with Crippen LogP contribution in [-0.4, -0.2) is 36.1 Å². The molecule has 3 rings (SSSR count). The van der Waals surface area contributed by atoms with E-state index >= 15 is 0 Å². The zero-order valence-electron chi connectivity index (χ0n) is 12.2. The number of halogens is 1. The SMILES string of the molecule is CCc1ccc(C(c2ccc(Br)s2)N2CCNCC2)nc1. The minimum Gasteiger partial charge on any atom is -0.314 e. The Morgan fingerprint density at radius 3 is 2.67 bits per heavy atom. The van der Waals surface area contributed by atoms with Crippen molar-refractivity contribution in [3.05, 3.63) is 50.4 Å². The van der Waals surface area contributed by atoms with Crippen LogP contribution in [0, 0.1) is 0 Å². The molecule has 1 fully saturated rings. The van der Waals surface area contributed by atoms with Crippen molar-refractivity contribution in [3.8, 4) is 0 Å². The second kappa shape index (κ2) is 7.01. The van der Waals surface area contributed by atoms with Gasteiger partial charge in [0.05, 0.1) is 15.5 Å². The zero-order valence-corrected chi connectivity index (χ0v) is 14.6. The van der Waals surface area contributed by atoms with Crippen LogP contribution in [0.1, 0.15) is 29.1 Å². The van der Waals surface area contributed by atoms with E-state index in [0.29, 0.717) is 0 Å². The molecule has 1 unspecified atom stereocenters. The number of piperazine rings is 1. The number of nitrogens with one attached hydrogen (secondary N) is 1. The summed E-state index contributed by atoms with van der Waals surface area (Å²) >= 11 is 5.40. The van der Waals surface area contributed by atoms with Gasteiger partial charge in [0, 0.05) is 37.3 Å². The predicted molar refractivity (Wildman–Crippen MR) is 91.9 cm³/mol. The highest BCUT2D eigenvalue weighted by molar-refractivity contribution is 9.11. The van der Waals surface area contributed by atoms with Gasteiger partial charge in [-0.3, -0.25) is 9.88 Å². The van der Waals surface area contributed by atoms with Gasteiger partial charge in [0.2, 0.25) is 0 Å². The fourth-order valence-corrected chi connectivity index (χ4v) is 4.31. The maximum Gasteiger partial charge on any atom is 0.0871 e. The van der Waals surface area contributed by atoms with Gasteiger partial charge in [-0.1, -0.05) is 13.0 Å². The molecule has 3 heterocycles. The highest BCUT2D eigenvalue weighted by Crippen LogP contribution is 2.34. The largest absolute Gasteiger partial charge is 0.314 e. The average molecular weight is 366 g/mol. The first kappa shape index (κ1) is 15.2. The van der Waals surface area contributed by atoms with Gasteiger partial charge in [0.15, 0.2) is 0 Å². The van der Waals surface area contributed by atoms with Crippen molar-refractivity contribution >= 4 is 27.3 Å². The monoisotopic (exact) mass is 365 g/mol. The molecular formula is C16H20BrN3S. The number of aromatic nitrogens is 1. The van der Waals surface area contributed by atoms with Gasteiger partial charge in [-0.2, -0.15) is 0 Å². The first-order valence-electron chi connectivity index (χ1n) is 7.42. The Morgan fingerprint density at radius 2 is 2.10 bits per heavy atom. The van der Waals surface area contributed by atoms with E-state index in [2.05, 4.69) is 57.3 Å². The number of nitrogens with zero attached hydrogens (tertiary/aromatic N) is 2. The second-order valence-corrected chi connectivity index (χ2v) is 7.77. The molecule has 0 saturated carbocycles. The summed E-state index contributed by atoms with van der Waals surface area (Å²) in [5.74, 6) is 0. The average Bonchev–Trinajstić information content (AvgIpc) is 2.95. The summed E-state index contributed by atoms with van der Waals surface area (Å²) in [6.07, 6.45) is 3.06. The molecule has 21 heavy (non-hydrogen) atoms. The summed E-state index contributed by atoms with van der Waals surface area (Å²) in [4.78, 5) is 8.63. The first-order valence-corrected chi connectivity index (χ1v) is 9.03. The van der Waals surface area contributed by atoms with E-state index in [-0.39, 0.29) is 6.04 Å². The number of rotatable bonds is 4. The van der Waals surface area contributed by atoms with Crippen LogP contribution >= 0.6 is 27.3 Å². The predicted octanol–water partition coefficient (Wildman–Crippen LogP) is 3.46. The van der Waals surface area contributed by atoms with Crippen molar-refractivity contribution in [2.45, 2.75) is 19.4 Å². The molecule has 1 aliphatic rings. The summed E-state index contributed by atoms with van der Waals surface area (Å²) in [6, 6.07) is 9.03. The minimum absolute atomic E-state index is 0.273. The molecule has 2 aromatic rings. The lowest BCUT2D eigenvalue weighted by atomic mass is 10.1. The lowest BCUT2D eigenvalue weighted by molar-refractivity contribution is 0.198. The lowest BCUT2D eigenvalue weighted by Crippen LogP contribution is -2.45. The maximum atomic E-state index is 4.74. The summed E-state index contributed by atoms with van der Waals surface area (Å²) < 4.78 is 1.18. The number of pyridine rings is 1. The molecule has 112 valence electrons. The van der Waals surface area contributed by atoms with Crippen LogP contribution in [0.25, 0.3) is 0 Å². The Labute approximate surface area is 138 Å². The molecule has 0 spiro atoms. The third-order valence-electron chi connectivity index (χ3n) is 3.92. The molecule has 1 aliphatic heterocycles. The molecule has 0 amide bonds. The number of hydrogen-bond acceptors (Lipinski definition) is 4. The standard InChI is InChI=1S/C16H20BrN3S/c1-2-12-3-4-13(19-11-12)16(14-5-6-15(17)21-14)20-9-7-18-8-10-20/h3-6,11,16,18H,2,7-10H2,1H3. The summed E-state index contributed by atoms with van der Waals surface area (Å²) in [7, 11) is 0. The van der Waals surface area contributed by atoms with Crippen molar-refractivity contribution in [2.24, 2.45) is 0 Å². The fourth-order valence-electron chi connectivity index (χ4n) is 2.74. The lowest BCUT2D eigenvalue weighted by Gasteiger charge is -2.34. The van der Waals surface area contributed by atoms with E-state index in [4.69, 9.17) is 4.98 Å². The van der Waals surface area contributed by atoms with E-state index in [0.717, 1.165) is 38.3 Å². The molecular weight excluding hydrogens is 346 g/mol. The van der Waals surface area contributed by atoms with Crippen LogP contribution in [0.2, 0.25) is 0 Å². The number of hydrogen-bond donors (Lipinski definition) is 1. The van der Waals surface area contributed by atoms with Crippen molar-refractivity contribution in [2.75, 3.05) is 26.2 Å². The third-order valence-corrected chi connectivity index (χ3v) is 5.59. The van der Waals surface area contributed by atoms with E-state index < -0.39 is 0 Å². The Morgan fingerprint density at radius 1 is 1.29 bits per heavy atom. The van der Waals surface area contributed by atoms with Crippen molar-refractivity contribution in [1.29, 1.82) is 0 Å². The van der Waals surface area contributed by atoms with Gasteiger partial charge in [-0.15, -0.1) is 11.3 Å². The third kappa shape index (κ3) is 3.54. The normalized spacial score (nSPS) is 17.8. The summed E-state index contributed by atoms with van der Waals surface area (Å²) in [6.45, 7) is 6.40. The second-order valence-electron chi connectivity index (χ2n) is 5.28. The molecule has 2 aromatic heterocycles. The topological polar surface area (TPSA) is 28.2 Å². The van der Waals surface area contributed by atoms with E-state index in [1.54, 1.807) is 0 Å². The van der Waals surface area contributed by atoms with Gasteiger partial charge in [0.1, 0.15) is 0 Å². The highest BCUT2D eigenvalue weighted by atomic mass is 79.9. The molecule has 3 nitrogen and oxygen atoms in total. The van der Waals surface area contributed by atoms with Crippen LogP contribution in [0.5, 0.6) is 0 Å². The number of aryl methyl sites for hydroxylation is 1. The molecule has 0 aliphatic carbocycles. The molecule has 0 aromatic carbocycles. The van der Waals surface area contributed by atoms with Crippen LogP contribution in [0.3, 0.4) is 0 Å². The van der Waals surface area contributed by atoms with E-state index in [9.17, 15) is 0 Å². The summed E-state index contributed by atoms with van der Waals surface area (Å²) in [5.41, 5.74) is 2.45. The van der Waals surface area contributed by atoms with Crippen LogP contribution in [0.15, 0.2) is 34.2 Å². The van der Waals surface area contributed by atoms with E-state index in [1.807, 2.05) is 17.5 Å². The zero-order chi connectivity index (χ0) is 14.7. The molecule has 5 heteroatoms. The van der Waals surface area contributed by atoms with Crippen LogP contribution in [0.4, 0.5) is 0 Å². The van der Waals surface area contributed by atoms with Crippen molar-refractivity contribution < 1.29 is 0 Å². The molecule has 1 saturated heterocycles. The molecule has 1 N–H and O–H groups in total. The van der Waals surface area contributed by atoms with Crippen molar-refractivity contribution in [3.63, 3.8) is 0 Å². The van der Waals surface area contributed by atoms with Crippen LogP contribution < -0.4 is 5.32 Å². The van der Waals surface area contributed by atoms with Gasteiger partial charge in [-0.25, -0.2) is 0 Å². The molecule has 0 radical (unpaired) electrons. The Hall–Kier alpha value is -0.750.